The summed E-state index contributed by atoms with van der Waals surface area (Å²) < 4.78 is 0. The van der Waals surface area contributed by atoms with Crippen molar-refractivity contribution in [3.05, 3.63) is 0 Å². The zero-order valence-corrected chi connectivity index (χ0v) is 10.5. The van der Waals surface area contributed by atoms with Crippen molar-refractivity contribution in [3.8, 4) is 0 Å². The molecule has 1 aliphatic rings. The van der Waals surface area contributed by atoms with Gasteiger partial charge in [0.2, 0.25) is 5.91 Å². The van der Waals surface area contributed by atoms with Crippen LogP contribution in [0.5, 0.6) is 0 Å². The molecular formula is C12H22ClNO. The number of unbranched alkanes of at least 4 members (excludes halogenated alkanes) is 1. The van der Waals surface area contributed by atoms with E-state index in [4.69, 9.17) is 11.6 Å². The largest absolute Gasteiger partial charge is 0.353 e. The van der Waals surface area contributed by atoms with Gasteiger partial charge in [-0.3, -0.25) is 4.79 Å². The van der Waals surface area contributed by atoms with E-state index < -0.39 is 0 Å². The molecular weight excluding hydrogens is 210 g/mol. The summed E-state index contributed by atoms with van der Waals surface area (Å²) in [5.74, 6) is 2.23. The number of hydrogen-bond donors (Lipinski definition) is 1. The fraction of sp³-hybridized carbons (Fsp3) is 0.917. The van der Waals surface area contributed by atoms with Crippen molar-refractivity contribution in [1.29, 1.82) is 0 Å². The number of carbonyl (C=O) groups is 1. The van der Waals surface area contributed by atoms with Gasteiger partial charge in [0.05, 0.1) is 0 Å². The molecule has 2 nitrogen and oxygen atoms in total. The summed E-state index contributed by atoms with van der Waals surface area (Å²) in [5, 5.41) is 3.14. The summed E-state index contributed by atoms with van der Waals surface area (Å²) in [7, 11) is 0. The standard InChI is InChI=1S/C12H22ClNO/c1-9-6-7-11(10(9)2)14-12(15)5-3-4-8-13/h9-11H,3-8H2,1-2H3,(H,14,15). The van der Waals surface area contributed by atoms with Gasteiger partial charge in [0.25, 0.3) is 0 Å². The number of alkyl halides is 1. The monoisotopic (exact) mass is 231 g/mol. The highest BCUT2D eigenvalue weighted by Gasteiger charge is 2.30. The molecule has 1 N–H and O–H groups in total. The van der Waals surface area contributed by atoms with E-state index in [9.17, 15) is 4.79 Å². The van der Waals surface area contributed by atoms with Gasteiger partial charge in [0.1, 0.15) is 0 Å². The maximum Gasteiger partial charge on any atom is 0.220 e. The van der Waals surface area contributed by atoms with E-state index in [-0.39, 0.29) is 5.91 Å². The molecule has 1 amide bonds. The Bertz CT molecular complexity index is 208. The molecule has 3 heteroatoms. The molecule has 0 aromatic rings. The minimum absolute atomic E-state index is 0.200. The number of nitrogens with one attached hydrogen (secondary N) is 1. The van der Waals surface area contributed by atoms with Crippen LogP contribution in [0, 0.1) is 11.8 Å². The zero-order valence-electron chi connectivity index (χ0n) is 9.76. The zero-order chi connectivity index (χ0) is 11.3. The van der Waals surface area contributed by atoms with Crippen LogP contribution >= 0.6 is 11.6 Å². The van der Waals surface area contributed by atoms with Crippen molar-refractivity contribution in [3.63, 3.8) is 0 Å². The van der Waals surface area contributed by atoms with Crippen LogP contribution in [-0.2, 0) is 4.79 Å². The summed E-state index contributed by atoms with van der Waals surface area (Å²) in [6.45, 7) is 4.51. The lowest BCUT2D eigenvalue weighted by atomic mass is 9.98. The van der Waals surface area contributed by atoms with Crippen molar-refractivity contribution >= 4 is 17.5 Å². The van der Waals surface area contributed by atoms with Crippen LogP contribution in [0.3, 0.4) is 0 Å². The molecule has 0 bridgehead atoms. The highest BCUT2D eigenvalue weighted by atomic mass is 35.5. The third-order valence-corrected chi connectivity index (χ3v) is 3.87. The Balaban J connectivity index is 2.20. The minimum Gasteiger partial charge on any atom is -0.353 e. The molecule has 0 aliphatic heterocycles. The Kier molecular flexibility index (Phi) is 5.44. The van der Waals surface area contributed by atoms with Crippen LogP contribution in [0.4, 0.5) is 0 Å². The van der Waals surface area contributed by atoms with Crippen LogP contribution < -0.4 is 5.32 Å². The first kappa shape index (κ1) is 12.8. The van der Waals surface area contributed by atoms with E-state index in [2.05, 4.69) is 19.2 Å². The molecule has 0 radical (unpaired) electrons. The quantitative estimate of drug-likeness (QED) is 0.572. The van der Waals surface area contributed by atoms with E-state index in [1.165, 1.54) is 6.42 Å². The second-order valence-electron chi connectivity index (χ2n) is 4.73. The van der Waals surface area contributed by atoms with E-state index in [0.29, 0.717) is 24.3 Å². The highest BCUT2D eigenvalue weighted by Crippen LogP contribution is 2.31. The molecule has 0 saturated heterocycles. The van der Waals surface area contributed by atoms with E-state index >= 15 is 0 Å². The van der Waals surface area contributed by atoms with Crippen molar-refractivity contribution < 1.29 is 4.79 Å². The van der Waals surface area contributed by atoms with Gasteiger partial charge in [-0.1, -0.05) is 13.8 Å². The van der Waals surface area contributed by atoms with Gasteiger partial charge in [-0.2, -0.15) is 0 Å². The molecule has 3 atom stereocenters. The Morgan fingerprint density at radius 2 is 2.07 bits per heavy atom. The number of carbonyl (C=O) groups excluding carboxylic acids is 1. The lowest BCUT2D eigenvalue weighted by molar-refractivity contribution is -0.122. The number of hydrogen-bond acceptors (Lipinski definition) is 1. The normalized spacial score (nSPS) is 30.5. The van der Waals surface area contributed by atoms with Crippen molar-refractivity contribution in [2.24, 2.45) is 11.8 Å². The summed E-state index contributed by atoms with van der Waals surface area (Å²) in [6.07, 6.45) is 4.86. The third kappa shape index (κ3) is 4.02. The fourth-order valence-corrected chi connectivity index (χ4v) is 2.42. The second kappa shape index (κ2) is 6.37. The van der Waals surface area contributed by atoms with Crippen molar-refractivity contribution in [2.75, 3.05) is 5.88 Å². The molecule has 0 spiro atoms. The first-order valence-electron chi connectivity index (χ1n) is 6.00. The van der Waals surface area contributed by atoms with Gasteiger partial charge in [-0.25, -0.2) is 0 Å². The average Bonchev–Trinajstić information content (AvgIpc) is 2.50. The molecule has 1 aliphatic carbocycles. The minimum atomic E-state index is 0.200. The summed E-state index contributed by atoms with van der Waals surface area (Å²) in [6, 6.07) is 0.406. The molecule has 88 valence electrons. The van der Waals surface area contributed by atoms with Gasteiger partial charge in [-0.15, -0.1) is 11.6 Å². The summed E-state index contributed by atoms with van der Waals surface area (Å²) >= 11 is 5.57. The Morgan fingerprint density at radius 3 is 2.60 bits per heavy atom. The van der Waals surface area contributed by atoms with Crippen LogP contribution in [0.2, 0.25) is 0 Å². The van der Waals surface area contributed by atoms with Crippen LogP contribution in [0.15, 0.2) is 0 Å². The van der Waals surface area contributed by atoms with E-state index in [1.54, 1.807) is 0 Å². The molecule has 0 heterocycles. The lowest BCUT2D eigenvalue weighted by Gasteiger charge is -2.19. The fourth-order valence-electron chi connectivity index (χ4n) is 2.23. The van der Waals surface area contributed by atoms with Gasteiger partial charge >= 0.3 is 0 Å². The first-order valence-corrected chi connectivity index (χ1v) is 6.54. The molecule has 1 saturated carbocycles. The predicted molar refractivity (Wildman–Crippen MR) is 64.1 cm³/mol. The number of rotatable bonds is 5. The molecule has 0 aromatic heterocycles. The Hall–Kier alpha value is -0.240. The second-order valence-corrected chi connectivity index (χ2v) is 5.11. The number of amides is 1. The van der Waals surface area contributed by atoms with Crippen molar-refractivity contribution in [1.82, 2.24) is 5.32 Å². The molecule has 1 fully saturated rings. The van der Waals surface area contributed by atoms with Gasteiger partial charge in [0, 0.05) is 18.3 Å². The first-order chi connectivity index (χ1) is 7.15. The smallest absolute Gasteiger partial charge is 0.220 e. The molecule has 0 aromatic carbocycles. The topological polar surface area (TPSA) is 29.1 Å². The Morgan fingerprint density at radius 1 is 1.33 bits per heavy atom. The van der Waals surface area contributed by atoms with Gasteiger partial charge in [0.15, 0.2) is 0 Å². The summed E-state index contributed by atoms with van der Waals surface area (Å²) in [5.41, 5.74) is 0. The SMILES string of the molecule is CC1CCC(NC(=O)CCCCCl)C1C. The Labute approximate surface area is 97.8 Å². The van der Waals surface area contributed by atoms with Crippen LogP contribution in [0.25, 0.3) is 0 Å². The van der Waals surface area contributed by atoms with Gasteiger partial charge < -0.3 is 5.32 Å². The highest BCUT2D eigenvalue weighted by molar-refractivity contribution is 6.17. The van der Waals surface area contributed by atoms with E-state index in [0.717, 1.165) is 25.2 Å². The predicted octanol–water partition coefficient (Wildman–Crippen LogP) is 2.95. The van der Waals surface area contributed by atoms with E-state index in [1.807, 2.05) is 0 Å². The molecule has 15 heavy (non-hydrogen) atoms. The van der Waals surface area contributed by atoms with Crippen LogP contribution in [-0.4, -0.2) is 17.8 Å². The molecule has 1 rings (SSSR count). The molecule has 3 unspecified atom stereocenters. The van der Waals surface area contributed by atoms with Crippen molar-refractivity contribution in [2.45, 2.75) is 52.0 Å². The van der Waals surface area contributed by atoms with Gasteiger partial charge in [-0.05, 0) is 37.5 Å². The maximum absolute atomic E-state index is 11.6. The summed E-state index contributed by atoms with van der Waals surface area (Å²) in [4.78, 5) is 11.6. The number of halogens is 1. The third-order valence-electron chi connectivity index (χ3n) is 3.60. The van der Waals surface area contributed by atoms with Crippen LogP contribution in [0.1, 0.15) is 46.0 Å². The maximum atomic E-state index is 11.6. The lowest BCUT2D eigenvalue weighted by Crippen LogP contribution is -2.37. The average molecular weight is 232 g/mol.